The summed E-state index contributed by atoms with van der Waals surface area (Å²) in [5.74, 6) is 0.713. The van der Waals surface area contributed by atoms with Crippen molar-refractivity contribution >= 4 is 8.58 Å². The maximum absolute atomic E-state index is 13.3. The summed E-state index contributed by atoms with van der Waals surface area (Å²) in [7, 11) is 0.363. The lowest BCUT2D eigenvalue weighted by Crippen LogP contribution is -2.38. The van der Waals surface area contributed by atoms with Gasteiger partial charge in [-0.15, -0.1) is 8.58 Å². The van der Waals surface area contributed by atoms with Gasteiger partial charge in [-0.2, -0.15) is 0 Å². The number of benzene rings is 2. The third-order valence-corrected chi connectivity index (χ3v) is 6.98. The summed E-state index contributed by atoms with van der Waals surface area (Å²) in [5.41, 5.74) is 1.67. The van der Waals surface area contributed by atoms with Crippen molar-refractivity contribution in [1.29, 1.82) is 0 Å². The second-order valence-corrected chi connectivity index (χ2v) is 9.00. The standard InChI is InChI=1S/C22H25F2O4P/c23-15-3-7-19-13(9-15)1-5-21(27-19)17(25)11-29-12-18(26)22-6-2-14-10-16(24)4-8-20(14)28-22/h3-4,7-10,17-18,21-22,25-26,29H,1-2,5-6,11-12H2. The minimum absolute atomic E-state index is 0.278. The summed E-state index contributed by atoms with van der Waals surface area (Å²) in [6, 6.07) is 8.91. The van der Waals surface area contributed by atoms with Gasteiger partial charge < -0.3 is 19.7 Å². The normalized spacial score (nSPS) is 23.0. The van der Waals surface area contributed by atoms with Gasteiger partial charge in [0.15, 0.2) is 0 Å². The number of rotatable bonds is 6. The summed E-state index contributed by atoms with van der Waals surface area (Å²) in [6.45, 7) is 0. The lowest BCUT2D eigenvalue weighted by molar-refractivity contribution is 0.0345. The van der Waals surface area contributed by atoms with Crippen LogP contribution in [-0.4, -0.2) is 47.0 Å². The maximum atomic E-state index is 13.3. The first-order valence-corrected chi connectivity index (χ1v) is 11.4. The van der Waals surface area contributed by atoms with Crippen LogP contribution in [-0.2, 0) is 12.8 Å². The van der Waals surface area contributed by atoms with Crippen LogP contribution < -0.4 is 9.47 Å². The highest BCUT2D eigenvalue weighted by molar-refractivity contribution is 7.38. The Bertz CT molecular complexity index is 793. The van der Waals surface area contributed by atoms with Crippen LogP contribution in [0, 0.1) is 11.6 Å². The molecule has 0 aliphatic carbocycles. The van der Waals surface area contributed by atoms with Gasteiger partial charge in [0, 0.05) is 0 Å². The number of hydrogen-bond acceptors (Lipinski definition) is 4. The Balaban J connectivity index is 1.24. The van der Waals surface area contributed by atoms with Crippen LogP contribution in [0.25, 0.3) is 0 Å². The third kappa shape index (κ3) is 4.88. The van der Waals surface area contributed by atoms with E-state index < -0.39 is 12.2 Å². The van der Waals surface area contributed by atoms with Crippen molar-refractivity contribution in [1.82, 2.24) is 0 Å². The number of fused-ring (bicyclic) bond motifs is 2. The van der Waals surface area contributed by atoms with Crippen LogP contribution in [0.4, 0.5) is 8.78 Å². The average molecular weight is 422 g/mol. The fraction of sp³-hybridized carbons (Fsp3) is 0.455. The van der Waals surface area contributed by atoms with E-state index in [1.54, 1.807) is 12.1 Å². The predicted molar refractivity (Wildman–Crippen MR) is 108 cm³/mol. The second kappa shape index (κ2) is 8.95. The van der Waals surface area contributed by atoms with Gasteiger partial charge in [-0.25, -0.2) is 8.78 Å². The molecule has 29 heavy (non-hydrogen) atoms. The van der Waals surface area contributed by atoms with Crippen molar-refractivity contribution in [3.05, 3.63) is 59.2 Å². The molecule has 0 saturated heterocycles. The molecular formula is C22H25F2O4P. The molecule has 4 atom stereocenters. The summed E-state index contributed by atoms with van der Waals surface area (Å²) in [4.78, 5) is 0. The van der Waals surface area contributed by atoms with Gasteiger partial charge in [0.2, 0.25) is 0 Å². The zero-order valence-electron chi connectivity index (χ0n) is 16.0. The first kappa shape index (κ1) is 20.5. The van der Waals surface area contributed by atoms with E-state index in [0.717, 1.165) is 11.1 Å². The van der Waals surface area contributed by atoms with Crippen LogP contribution in [0.5, 0.6) is 11.5 Å². The minimum atomic E-state index is -0.630. The Hall–Kier alpha value is -1.75. The summed E-state index contributed by atoms with van der Waals surface area (Å²) >= 11 is 0. The fourth-order valence-corrected chi connectivity index (χ4v) is 5.22. The van der Waals surface area contributed by atoms with Gasteiger partial charge in [0.25, 0.3) is 0 Å². The first-order valence-electron chi connectivity index (χ1n) is 9.96. The predicted octanol–water partition coefficient (Wildman–Crippen LogP) is 3.45. The Morgan fingerprint density at radius 3 is 1.72 bits per heavy atom. The molecule has 2 N–H and O–H groups in total. The van der Waals surface area contributed by atoms with E-state index in [4.69, 9.17) is 9.47 Å². The molecule has 0 fully saturated rings. The highest BCUT2D eigenvalue weighted by atomic mass is 31.1. The van der Waals surface area contributed by atoms with E-state index in [-0.39, 0.29) is 23.8 Å². The summed E-state index contributed by atoms with van der Waals surface area (Å²) in [6.07, 6.45) is 1.82. The zero-order valence-corrected chi connectivity index (χ0v) is 17.0. The summed E-state index contributed by atoms with van der Waals surface area (Å²) < 4.78 is 38.3. The fourth-order valence-electron chi connectivity index (χ4n) is 3.94. The van der Waals surface area contributed by atoms with Gasteiger partial charge >= 0.3 is 0 Å². The molecule has 156 valence electrons. The van der Waals surface area contributed by atoms with Crippen molar-refractivity contribution in [2.45, 2.75) is 50.1 Å². The monoisotopic (exact) mass is 422 g/mol. The van der Waals surface area contributed by atoms with Gasteiger partial charge in [-0.05, 0) is 85.5 Å². The number of aliphatic hydroxyl groups excluding tert-OH is 2. The molecule has 0 saturated carbocycles. The number of hydrogen-bond donors (Lipinski definition) is 2. The molecule has 7 heteroatoms. The molecule has 4 rings (SSSR count). The lowest BCUT2D eigenvalue weighted by atomic mass is 9.99. The van der Waals surface area contributed by atoms with E-state index >= 15 is 0 Å². The van der Waals surface area contributed by atoms with Crippen molar-refractivity contribution in [3.8, 4) is 11.5 Å². The molecule has 0 radical (unpaired) electrons. The summed E-state index contributed by atoms with van der Waals surface area (Å²) in [5, 5.41) is 21.0. The molecule has 0 spiro atoms. The maximum Gasteiger partial charge on any atom is 0.125 e. The van der Waals surface area contributed by atoms with E-state index in [9.17, 15) is 19.0 Å². The molecule has 2 heterocycles. The Kier molecular flexibility index (Phi) is 6.33. The average Bonchev–Trinajstić information content (AvgIpc) is 2.72. The SMILES string of the molecule is OC(CPCC(O)C1CCc2cc(F)ccc2O1)C1CCc2cc(F)ccc2O1. The van der Waals surface area contributed by atoms with Crippen LogP contribution in [0.3, 0.4) is 0 Å². The van der Waals surface area contributed by atoms with Gasteiger partial charge in [0.1, 0.15) is 35.3 Å². The first-order chi connectivity index (χ1) is 14.0. The Labute approximate surface area is 170 Å². The molecule has 0 amide bonds. The van der Waals surface area contributed by atoms with Crippen LogP contribution >= 0.6 is 8.58 Å². The van der Waals surface area contributed by atoms with Gasteiger partial charge in [-0.3, -0.25) is 0 Å². The van der Waals surface area contributed by atoms with Crippen molar-refractivity contribution in [3.63, 3.8) is 0 Å². The zero-order chi connectivity index (χ0) is 20.4. The molecule has 2 aromatic rings. The highest BCUT2D eigenvalue weighted by Gasteiger charge is 2.29. The number of aliphatic hydroxyl groups is 2. The van der Waals surface area contributed by atoms with Crippen molar-refractivity contribution in [2.75, 3.05) is 12.3 Å². The molecular weight excluding hydrogens is 397 g/mol. The molecule has 2 aromatic carbocycles. The van der Waals surface area contributed by atoms with E-state index in [1.807, 2.05) is 0 Å². The molecule has 2 aliphatic heterocycles. The van der Waals surface area contributed by atoms with Crippen LogP contribution in [0.15, 0.2) is 36.4 Å². The van der Waals surface area contributed by atoms with E-state index in [2.05, 4.69) is 0 Å². The molecule has 0 bridgehead atoms. The Morgan fingerprint density at radius 2 is 1.28 bits per heavy atom. The van der Waals surface area contributed by atoms with Crippen molar-refractivity contribution < 1.29 is 28.5 Å². The molecule has 0 aromatic heterocycles. The van der Waals surface area contributed by atoms with E-state index in [0.29, 0.717) is 58.1 Å². The smallest absolute Gasteiger partial charge is 0.125 e. The van der Waals surface area contributed by atoms with Crippen LogP contribution in [0.1, 0.15) is 24.0 Å². The largest absolute Gasteiger partial charge is 0.487 e. The molecule has 4 unspecified atom stereocenters. The van der Waals surface area contributed by atoms with Gasteiger partial charge in [-0.1, -0.05) is 0 Å². The lowest BCUT2D eigenvalue weighted by Gasteiger charge is -2.31. The molecule has 2 aliphatic rings. The second-order valence-electron chi connectivity index (χ2n) is 7.69. The number of ether oxygens (including phenoxy) is 2. The van der Waals surface area contributed by atoms with E-state index in [1.165, 1.54) is 24.3 Å². The topological polar surface area (TPSA) is 58.9 Å². The third-order valence-electron chi connectivity index (χ3n) is 5.56. The molecule has 4 nitrogen and oxygen atoms in total. The Morgan fingerprint density at radius 1 is 0.828 bits per heavy atom. The van der Waals surface area contributed by atoms with Crippen molar-refractivity contribution in [2.24, 2.45) is 0 Å². The highest BCUT2D eigenvalue weighted by Crippen LogP contribution is 2.32. The number of aryl methyl sites for hydroxylation is 2. The minimum Gasteiger partial charge on any atom is -0.487 e. The van der Waals surface area contributed by atoms with Crippen LogP contribution in [0.2, 0.25) is 0 Å². The van der Waals surface area contributed by atoms with Gasteiger partial charge in [0.05, 0.1) is 12.2 Å². The quantitative estimate of drug-likeness (QED) is 0.701. The number of halogens is 2.